The van der Waals surface area contributed by atoms with Crippen molar-refractivity contribution < 1.29 is 0 Å². The average molecular weight is 499 g/mol. The molecule has 0 aliphatic heterocycles. The molecule has 1 atom stereocenters. The van der Waals surface area contributed by atoms with E-state index < -0.39 is 0 Å². The maximum atomic E-state index is 13.3. The minimum absolute atomic E-state index is 0.000542. The van der Waals surface area contributed by atoms with Crippen molar-refractivity contribution in [1.82, 2.24) is 30.1 Å². The summed E-state index contributed by atoms with van der Waals surface area (Å²) in [5, 5.41) is 14.2. The first-order valence-corrected chi connectivity index (χ1v) is 13.7. The molecule has 0 bridgehead atoms. The van der Waals surface area contributed by atoms with Gasteiger partial charge in [-0.1, -0.05) is 62.6 Å². The number of hydrogen-bond acceptors (Lipinski definition) is 5. The van der Waals surface area contributed by atoms with E-state index in [2.05, 4.69) is 88.6 Å². The Bertz CT molecular complexity index is 1390. The molecule has 0 unspecified atom stereocenters. The molecule has 1 saturated carbocycles. The molecule has 2 aromatic carbocycles. The van der Waals surface area contributed by atoms with Crippen molar-refractivity contribution >= 4 is 10.9 Å². The molecule has 1 aliphatic carbocycles. The highest BCUT2D eigenvalue weighted by Crippen LogP contribution is 2.34. The van der Waals surface area contributed by atoms with E-state index in [0.29, 0.717) is 12.6 Å². The monoisotopic (exact) mass is 498 g/mol. The number of rotatable bonds is 10. The van der Waals surface area contributed by atoms with Crippen LogP contribution in [0.25, 0.3) is 10.9 Å². The zero-order chi connectivity index (χ0) is 25.8. The quantitative estimate of drug-likeness (QED) is 0.305. The summed E-state index contributed by atoms with van der Waals surface area (Å²) in [4.78, 5) is 19.0. The Morgan fingerprint density at radius 2 is 1.89 bits per heavy atom. The average Bonchev–Trinajstić information content (AvgIpc) is 3.58. The van der Waals surface area contributed by atoms with Crippen LogP contribution in [-0.2, 0) is 19.5 Å². The van der Waals surface area contributed by atoms with Crippen molar-refractivity contribution in [3.63, 3.8) is 0 Å². The molecule has 37 heavy (non-hydrogen) atoms. The van der Waals surface area contributed by atoms with E-state index >= 15 is 0 Å². The highest BCUT2D eigenvalue weighted by Gasteiger charge is 2.33. The standard InChI is InChI=1S/C30H38N6O/c1-4-10-28(29-32-33-34-36(29)16-15-23-11-6-5-7-12-23)35(25-13-8-9-14-25)20-24-19-26-22(3)17-21(2)18-27(26)31-30(24)37/h5-7,11-12,17-19,25,28H,4,8-10,13-16,20H2,1-3H3,(H,31,37)/t28-/m0/s1. The number of aryl methyl sites for hydroxylation is 4. The van der Waals surface area contributed by atoms with Crippen LogP contribution in [0.1, 0.15) is 79.6 Å². The zero-order valence-corrected chi connectivity index (χ0v) is 22.3. The van der Waals surface area contributed by atoms with Gasteiger partial charge in [0.1, 0.15) is 0 Å². The van der Waals surface area contributed by atoms with E-state index in [1.165, 1.54) is 24.0 Å². The van der Waals surface area contributed by atoms with Crippen LogP contribution >= 0.6 is 0 Å². The molecule has 5 rings (SSSR count). The maximum absolute atomic E-state index is 13.3. The zero-order valence-electron chi connectivity index (χ0n) is 22.3. The molecule has 1 aliphatic rings. The first-order chi connectivity index (χ1) is 18.0. The second-order valence-corrected chi connectivity index (χ2v) is 10.6. The Labute approximate surface area is 218 Å². The molecule has 0 saturated heterocycles. The highest BCUT2D eigenvalue weighted by atomic mass is 16.1. The number of hydrogen-bond donors (Lipinski definition) is 1. The van der Waals surface area contributed by atoms with Gasteiger partial charge >= 0.3 is 0 Å². The summed E-state index contributed by atoms with van der Waals surface area (Å²) in [6.07, 6.45) is 7.60. The summed E-state index contributed by atoms with van der Waals surface area (Å²) < 4.78 is 1.98. The van der Waals surface area contributed by atoms with Gasteiger partial charge in [-0.2, -0.15) is 0 Å². The summed E-state index contributed by atoms with van der Waals surface area (Å²) in [6, 6.07) is 17.3. The van der Waals surface area contributed by atoms with Gasteiger partial charge in [0, 0.05) is 35.6 Å². The van der Waals surface area contributed by atoms with Crippen LogP contribution in [0, 0.1) is 13.8 Å². The smallest absolute Gasteiger partial charge is 0.252 e. The van der Waals surface area contributed by atoms with Crippen molar-refractivity contribution in [2.45, 2.75) is 90.9 Å². The molecule has 194 valence electrons. The number of aromatic amines is 1. The van der Waals surface area contributed by atoms with Crippen molar-refractivity contribution in [1.29, 1.82) is 0 Å². The molecule has 7 heteroatoms. The third-order valence-corrected chi connectivity index (χ3v) is 7.81. The van der Waals surface area contributed by atoms with Gasteiger partial charge in [0.2, 0.25) is 0 Å². The van der Waals surface area contributed by atoms with E-state index in [0.717, 1.165) is 66.5 Å². The fraction of sp³-hybridized carbons (Fsp3) is 0.467. The predicted octanol–water partition coefficient (Wildman–Crippen LogP) is 5.66. The first-order valence-electron chi connectivity index (χ1n) is 13.7. The number of nitrogens with zero attached hydrogens (tertiary/aromatic N) is 5. The van der Waals surface area contributed by atoms with Crippen LogP contribution < -0.4 is 5.56 Å². The molecule has 2 heterocycles. The number of H-pyrrole nitrogens is 1. The van der Waals surface area contributed by atoms with E-state index in [-0.39, 0.29) is 11.6 Å². The Morgan fingerprint density at radius 1 is 1.11 bits per heavy atom. The Balaban J connectivity index is 1.48. The molecule has 0 spiro atoms. The Hall–Kier alpha value is -3.32. The minimum atomic E-state index is -0.000542. The van der Waals surface area contributed by atoms with Crippen molar-refractivity contribution in [2.75, 3.05) is 0 Å². The van der Waals surface area contributed by atoms with E-state index in [1.54, 1.807) is 0 Å². The normalized spacial score (nSPS) is 15.1. The molecular weight excluding hydrogens is 460 g/mol. The van der Waals surface area contributed by atoms with Crippen molar-refractivity contribution in [3.05, 3.63) is 87.0 Å². The number of fused-ring (bicyclic) bond motifs is 1. The largest absolute Gasteiger partial charge is 0.322 e. The fourth-order valence-corrected chi connectivity index (χ4v) is 5.97. The molecule has 0 radical (unpaired) electrons. The summed E-state index contributed by atoms with van der Waals surface area (Å²) in [6.45, 7) is 7.73. The number of aromatic nitrogens is 5. The molecule has 4 aromatic rings. The lowest BCUT2D eigenvalue weighted by Crippen LogP contribution is -2.39. The molecule has 1 fully saturated rings. The van der Waals surface area contributed by atoms with Crippen LogP contribution in [0.3, 0.4) is 0 Å². The molecular formula is C30H38N6O. The number of nitrogens with one attached hydrogen (secondary N) is 1. The number of benzene rings is 2. The fourth-order valence-electron chi connectivity index (χ4n) is 5.97. The van der Waals surface area contributed by atoms with Gasteiger partial charge in [-0.15, -0.1) is 5.10 Å². The van der Waals surface area contributed by atoms with Gasteiger partial charge in [-0.05, 0) is 78.8 Å². The van der Waals surface area contributed by atoms with E-state index in [4.69, 9.17) is 0 Å². The van der Waals surface area contributed by atoms with Crippen LogP contribution in [0.4, 0.5) is 0 Å². The predicted molar refractivity (Wildman–Crippen MR) is 147 cm³/mol. The van der Waals surface area contributed by atoms with Gasteiger partial charge in [0.05, 0.1) is 6.04 Å². The summed E-state index contributed by atoms with van der Waals surface area (Å²) in [5.74, 6) is 0.911. The highest BCUT2D eigenvalue weighted by molar-refractivity contribution is 5.83. The van der Waals surface area contributed by atoms with Crippen LogP contribution in [0.15, 0.2) is 53.3 Å². The lowest BCUT2D eigenvalue weighted by molar-refractivity contribution is 0.108. The molecule has 0 amide bonds. The second kappa shape index (κ2) is 11.4. The minimum Gasteiger partial charge on any atom is -0.322 e. The van der Waals surface area contributed by atoms with Crippen LogP contribution in [0.2, 0.25) is 0 Å². The van der Waals surface area contributed by atoms with Gasteiger partial charge in [0.15, 0.2) is 5.82 Å². The summed E-state index contributed by atoms with van der Waals surface area (Å²) in [5.41, 5.74) is 5.35. The molecule has 2 aromatic heterocycles. The summed E-state index contributed by atoms with van der Waals surface area (Å²) >= 11 is 0. The summed E-state index contributed by atoms with van der Waals surface area (Å²) in [7, 11) is 0. The number of tetrazole rings is 1. The van der Waals surface area contributed by atoms with Gasteiger partial charge < -0.3 is 4.98 Å². The van der Waals surface area contributed by atoms with Gasteiger partial charge in [-0.25, -0.2) is 4.68 Å². The molecule has 7 nitrogen and oxygen atoms in total. The van der Waals surface area contributed by atoms with E-state index in [1.807, 2.05) is 10.7 Å². The maximum Gasteiger partial charge on any atom is 0.252 e. The van der Waals surface area contributed by atoms with Gasteiger partial charge in [-0.3, -0.25) is 9.69 Å². The van der Waals surface area contributed by atoms with E-state index in [9.17, 15) is 4.79 Å². The second-order valence-electron chi connectivity index (χ2n) is 10.6. The van der Waals surface area contributed by atoms with Crippen molar-refractivity contribution in [2.24, 2.45) is 0 Å². The lowest BCUT2D eigenvalue weighted by atomic mass is 10.0. The van der Waals surface area contributed by atoms with Crippen molar-refractivity contribution in [3.8, 4) is 0 Å². The lowest BCUT2D eigenvalue weighted by Gasteiger charge is -2.35. The van der Waals surface area contributed by atoms with Crippen LogP contribution in [-0.4, -0.2) is 36.1 Å². The Kier molecular flexibility index (Phi) is 7.79. The topological polar surface area (TPSA) is 79.7 Å². The van der Waals surface area contributed by atoms with Crippen LogP contribution in [0.5, 0.6) is 0 Å². The first kappa shape index (κ1) is 25.3. The third-order valence-electron chi connectivity index (χ3n) is 7.81. The number of pyridine rings is 1. The Morgan fingerprint density at radius 3 is 2.65 bits per heavy atom. The third kappa shape index (κ3) is 5.67. The SMILES string of the molecule is CCC[C@@H](c1nnnn1CCc1ccccc1)N(Cc1cc2c(C)cc(C)cc2[nH]c1=O)C1CCCC1. The molecule has 1 N–H and O–H groups in total. The van der Waals surface area contributed by atoms with Gasteiger partial charge in [0.25, 0.3) is 5.56 Å².